The van der Waals surface area contributed by atoms with E-state index in [1.807, 2.05) is 35.2 Å². The lowest BCUT2D eigenvalue weighted by Crippen LogP contribution is -2.38. The number of piperidine rings is 1. The average Bonchev–Trinajstić information content (AvgIpc) is 3.16. The molecule has 2 aromatic carbocycles. The second kappa shape index (κ2) is 8.03. The number of nitrogens with zero attached hydrogens (tertiary/aromatic N) is 3. The monoisotopic (exact) mass is 407 g/mol. The van der Waals surface area contributed by atoms with E-state index in [-0.39, 0.29) is 5.91 Å². The zero-order valence-electron chi connectivity index (χ0n) is 17.2. The number of amides is 1. The van der Waals surface area contributed by atoms with Crippen molar-refractivity contribution in [2.24, 2.45) is 5.92 Å². The molecule has 4 nitrogen and oxygen atoms in total. The number of carbonyl (C=O) groups is 1. The van der Waals surface area contributed by atoms with E-state index in [0.29, 0.717) is 16.6 Å². The third-order valence-corrected chi connectivity index (χ3v) is 6.13. The molecular weight excluding hydrogens is 382 g/mol. The first-order chi connectivity index (χ1) is 13.9. The van der Waals surface area contributed by atoms with Gasteiger partial charge in [-0.1, -0.05) is 30.7 Å². The molecule has 1 aromatic heterocycles. The minimum Gasteiger partial charge on any atom is -0.337 e. The summed E-state index contributed by atoms with van der Waals surface area (Å²) in [7, 11) is 0. The van der Waals surface area contributed by atoms with Crippen molar-refractivity contribution in [3.05, 3.63) is 70.4 Å². The van der Waals surface area contributed by atoms with Gasteiger partial charge in [-0.25, -0.2) is 4.68 Å². The first-order valence-corrected chi connectivity index (χ1v) is 10.5. The van der Waals surface area contributed by atoms with Gasteiger partial charge in [-0.15, -0.1) is 0 Å². The summed E-state index contributed by atoms with van der Waals surface area (Å²) in [4.78, 5) is 15.3. The summed E-state index contributed by atoms with van der Waals surface area (Å²) in [6.45, 7) is 8.03. The number of halogens is 1. The van der Waals surface area contributed by atoms with Crippen LogP contribution in [0.15, 0.2) is 48.5 Å². The molecule has 0 bridgehead atoms. The lowest BCUT2D eigenvalue weighted by Gasteiger charge is -2.30. The van der Waals surface area contributed by atoms with Crippen molar-refractivity contribution in [3.63, 3.8) is 0 Å². The molecule has 0 atom stereocenters. The number of carbonyl (C=O) groups excluding carboxylic acids is 1. The van der Waals surface area contributed by atoms with Crippen molar-refractivity contribution in [2.75, 3.05) is 13.1 Å². The minimum absolute atomic E-state index is 0.0365. The first-order valence-electron chi connectivity index (χ1n) is 10.2. The molecule has 0 saturated carbocycles. The van der Waals surface area contributed by atoms with E-state index >= 15 is 0 Å². The molecule has 0 radical (unpaired) electrons. The molecule has 5 heteroatoms. The van der Waals surface area contributed by atoms with Gasteiger partial charge in [0.25, 0.3) is 5.91 Å². The van der Waals surface area contributed by atoms with Crippen LogP contribution in [0.1, 0.15) is 41.4 Å². The number of benzene rings is 2. The van der Waals surface area contributed by atoms with Crippen molar-refractivity contribution < 1.29 is 4.79 Å². The van der Waals surface area contributed by atoms with Crippen LogP contribution in [-0.2, 0) is 0 Å². The maximum absolute atomic E-state index is 13.4. The van der Waals surface area contributed by atoms with Gasteiger partial charge >= 0.3 is 0 Å². The van der Waals surface area contributed by atoms with Crippen LogP contribution < -0.4 is 0 Å². The summed E-state index contributed by atoms with van der Waals surface area (Å²) in [5.74, 6) is 0.709. The zero-order chi connectivity index (χ0) is 20.5. The molecule has 1 aliphatic rings. The van der Waals surface area contributed by atoms with Gasteiger partial charge in [-0.2, -0.15) is 5.10 Å². The maximum atomic E-state index is 13.4. The van der Waals surface area contributed by atoms with E-state index in [1.54, 1.807) is 4.68 Å². The summed E-state index contributed by atoms with van der Waals surface area (Å²) < 4.78 is 1.75. The van der Waals surface area contributed by atoms with Crippen LogP contribution in [-0.4, -0.2) is 33.7 Å². The summed E-state index contributed by atoms with van der Waals surface area (Å²) in [6, 6.07) is 15.6. The van der Waals surface area contributed by atoms with E-state index in [4.69, 9.17) is 16.7 Å². The fourth-order valence-corrected chi connectivity index (χ4v) is 3.85. The Balaban J connectivity index is 1.77. The molecule has 0 spiro atoms. The second-order valence-electron chi connectivity index (χ2n) is 8.08. The third-order valence-electron chi connectivity index (χ3n) is 5.87. The fraction of sp³-hybridized carbons (Fsp3) is 0.333. The van der Waals surface area contributed by atoms with Crippen molar-refractivity contribution >= 4 is 17.5 Å². The summed E-state index contributed by atoms with van der Waals surface area (Å²) in [6.07, 6.45) is 2.09. The maximum Gasteiger partial charge on any atom is 0.272 e. The quantitative estimate of drug-likeness (QED) is 0.560. The molecule has 1 aliphatic heterocycles. The summed E-state index contributed by atoms with van der Waals surface area (Å²) >= 11 is 6.07. The number of aryl methyl sites for hydroxylation is 2. The Labute approximate surface area is 177 Å². The minimum atomic E-state index is 0.0365. The molecule has 0 N–H and O–H groups in total. The van der Waals surface area contributed by atoms with Crippen LogP contribution in [0.2, 0.25) is 5.02 Å². The molecule has 1 saturated heterocycles. The Hall–Kier alpha value is -2.59. The fourth-order valence-electron chi connectivity index (χ4n) is 3.73. The highest BCUT2D eigenvalue weighted by atomic mass is 35.5. The normalized spacial score (nSPS) is 15.0. The molecule has 1 fully saturated rings. The topological polar surface area (TPSA) is 38.1 Å². The lowest BCUT2D eigenvalue weighted by molar-refractivity contribution is 0.0688. The van der Waals surface area contributed by atoms with E-state index in [2.05, 4.69) is 39.0 Å². The molecule has 4 rings (SSSR count). The highest BCUT2D eigenvalue weighted by Crippen LogP contribution is 2.26. The van der Waals surface area contributed by atoms with Crippen molar-refractivity contribution in [1.82, 2.24) is 14.7 Å². The first kappa shape index (κ1) is 19.7. The van der Waals surface area contributed by atoms with Gasteiger partial charge in [0.1, 0.15) is 5.69 Å². The van der Waals surface area contributed by atoms with Crippen LogP contribution in [0.3, 0.4) is 0 Å². The smallest absolute Gasteiger partial charge is 0.272 e. The number of hydrogen-bond donors (Lipinski definition) is 0. The van der Waals surface area contributed by atoms with Crippen LogP contribution in [0.25, 0.3) is 16.9 Å². The molecule has 150 valence electrons. The van der Waals surface area contributed by atoms with Crippen molar-refractivity contribution in [1.29, 1.82) is 0 Å². The van der Waals surface area contributed by atoms with Crippen molar-refractivity contribution in [3.8, 4) is 16.9 Å². The van der Waals surface area contributed by atoms with Crippen molar-refractivity contribution in [2.45, 2.75) is 33.6 Å². The Morgan fingerprint density at radius 2 is 1.69 bits per heavy atom. The van der Waals surface area contributed by atoms with Crippen LogP contribution in [0.5, 0.6) is 0 Å². The van der Waals surface area contributed by atoms with Gasteiger partial charge in [-0.05, 0) is 80.1 Å². The SMILES string of the molecule is Cc1ccc(-c2cc(C(=O)N3CCC(C)CC3)n(-c3ccc(Cl)cc3)n2)cc1C. The van der Waals surface area contributed by atoms with Gasteiger partial charge in [0.2, 0.25) is 0 Å². The predicted octanol–water partition coefficient (Wildman–Crippen LogP) is 5.68. The van der Waals surface area contributed by atoms with Gasteiger partial charge in [-0.3, -0.25) is 4.79 Å². The molecule has 0 unspecified atom stereocenters. The second-order valence-corrected chi connectivity index (χ2v) is 8.51. The number of aromatic nitrogens is 2. The Morgan fingerprint density at radius 3 is 2.34 bits per heavy atom. The third kappa shape index (κ3) is 4.08. The Bertz CT molecular complexity index is 1030. The van der Waals surface area contributed by atoms with E-state index in [1.165, 1.54) is 11.1 Å². The van der Waals surface area contributed by atoms with E-state index in [9.17, 15) is 4.79 Å². The average molecular weight is 408 g/mol. The van der Waals surface area contributed by atoms with Gasteiger partial charge in [0, 0.05) is 23.7 Å². The Morgan fingerprint density at radius 1 is 1.00 bits per heavy atom. The van der Waals surface area contributed by atoms with E-state index < -0.39 is 0 Å². The van der Waals surface area contributed by atoms with Gasteiger partial charge in [0.05, 0.1) is 11.4 Å². The van der Waals surface area contributed by atoms with E-state index in [0.717, 1.165) is 42.9 Å². The van der Waals surface area contributed by atoms with Crippen LogP contribution in [0, 0.1) is 19.8 Å². The predicted molar refractivity (Wildman–Crippen MR) is 118 cm³/mol. The highest BCUT2D eigenvalue weighted by Gasteiger charge is 2.26. The molecule has 3 aromatic rings. The molecule has 0 aliphatic carbocycles. The largest absolute Gasteiger partial charge is 0.337 e. The highest BCUT2D eigenvalue weighted by molar-refractivity contribution is 6.30. The van der Waals surface area contributed by atoms with Crippen LogP contribution >= 0.6 is 11.6 Å². The number of rotatable bonds is 3. The van der Waals surface area contributed by atoms with Gasteiger partial charge < -0.3 is 4.90 Å². The zero-order valence-corrected chi connectivity index (χ0v) is 17.9. The standard InChI is InChI=1S/C24H26ClN3O/c1-16-10-12-27(13-11-16)24(29)23-15-22(19-5-4-17(2)18(3)14-19)26-28(23)21-8-6-20(25)7-9-21/h4-9,14-16H,10-13H2,1-3H3. The summed E-state index contributed by atoms with van der Waals surface area (Å²) in [5.41, 5.74) is 5.69. The number of likely N-dealkylation sites (tertiary alicyclic amines) is 1. The molecule has 29 heavy (non-hydrogen) atoms. The molecular formula is C24H26ClN3O. The molecule has 2 heterocycles. The summed E-state index contributed by atoms with van der Waals surface area (Å²) in [5, 5.41) is 5.47. The lowest BCUT2D eigenvalue weighted by atomic mass is 9.99. The number of hydrogen-bond acceptors (Lipinski definition) is 2. The Kier molecular flexibility index (Phi) is 5.46. The molecule has 1 amide bonds. The van der Waals surface area contributed by atoms with Crippen LogP contribution in [0.4, 0.5) is 0 Å². The van der Waals surface area contributed by atoms with Gasteiger partial charge in [0.15, 0.2) is 0 Å².